The fraction of sp³-hybridized carbons (Fsp3) is 0.100. The molecule has 5 nitrogen and oxygen atoms in total. The summed E-state index contributed by atoms with van der Waals surface area (Å²) in [5.74, 6) is -0.229. The summed E-state index contributed by atoms with van der Waals surface area (Å²) in [5.41, 5.74) is 9.26. The van der Waals surface area contributed by atoms with Crippen LogP contribution < -0.4 is 11.1 Å². The number of anilines is 2. The number of rotatable bonds is 2. The van der Waals surface area contributed by atoms with Gasteiger partial charge in [0.25, 0.3) is 5.91 Å². The van der Waals surface area contributed by atoms with Crippen LogP contribution in [0.15, 0.2) is 23.7 Å². The maximum Gasteiger partial charge on any atom is 0.257 e. The van der Waals surface area contributed by atoms with Gasteiger partial charge in [-0.2, -0.15) is 0 Å². The maximum atomic E-state index is 11.8. The van der Waals surface area contributed by atoms with E-state index in [-0.39, 0.29) is 5.91 Å². The van der Waals surface area contributed by atoms with E-state index in [2.05, 4.69) is 15.5 Å². The number of amides is 1. The van der Waals surface area contributed by atoms with Gasteiger partial charge in [-0.15, -0.1) is 10.2 Å². The molecule has 0 spiro atoms. The van der Waals surface area contributed by atoms with Crippen molar-refractivity contribution in [3.63, 3.8) is 0 Å². The predicted octanol–water partition coefficient (Wildman–Crippen LogP) is 1.68. The van der Waals surface area contributed by atoms with Crippen molar-refractivity contribution in [2.45, 2.75) is 6.92 Å². The summed E-state index contributed by atoms with van der Waals surface area (Å²) in [6.45, 7) is 1.89. The Morgan fingerprint density at radius 2 is 2.25 bits per heavy atom. The summed E-state index contributed by atoms with van der Waals surface area (Å²) in [4.78, 5) is 11.8. The Labute approximate surface area is 96.3 Å². The molecule has 1 heterocycles. The van der Waals surface area contributed by atoms with Gasteiger partial charge in [-0.3, -0.25) is 10.1 Å². The number of nitrogen functional groups attached to an aromatic ring is 1. The number of nitrogens with one attached hydrogen (secondary N) is 1. The lowest BCUT2D eigenvalue weighted by molar-refractivity contribution is 0.102. The molecule has 2 rings (SSSR count). The van der Waals surface area contributed by atoms with E-state index in [4.69, 9.17) is 5.73 Å². The maximum absolute atomic E-state index is 11.8. The Hall–Kier alpha value is -1.95. The molecule has 6 heteroatoms. The van der Waals surface area contributed by atoms with E-state index in [1.165, 1.54) is 11.3 Å². The first-order chi connectivity index (χ1) is 7.65. The molecule has 0 aliphatic carbocycles. The normalized spacial score (nSPS) is 10.1. The molecule has 0 aliphatic rings. The molecular weight excluding hydrogens is 224 g/mol. The first kappa shape index (κ1) is 10.6. The molecule has 0 radical (unpaired) electrons. The van der Waals surface area contributed by atoms with E-state index in [9.17, 15) is 4.79 Å². The third-order valence-corrected chi connectivity index (χ3v) is 2.55. The van der Waals surface area contributed by atoms with Gasteiger partial charge in [-0.25, -0.2) is 0 Å². The first-order valence-corrected chi connectivity index (χ1v) is 5.48. The number of aryl methyl sites for hydroxylation is 1. The van der Waals surface area contributed by atoms with Gasteiger partial charge in [0.15, 0.2) is 0 Å². The number of carbonyl (C=O) groups is 1. The Morgan fingerprint density at radius 1 is 1.44 bits per heavy atom. The van der Waals surface area contributed by atoms with E-state index in [1.807, 2.05) is 13.0 Å². The van der Waals surface area contributed by atoms with E-state index in [1.54, 1.807) is 17.6 Å². The Bertz CT molecular complexity index is 489. The molecule has 0 fully saturated rings. The van der Waals surface area contributed by atoms with Crippen LogP contribution >= 0.6 is 11.3 Å². The van der Waals surface area contributed by atoms with Crippen molar-refractivity contribution in [3.05, 3.63) is 34.8 Å². The number of hydrogen-bond acceptors (Lipinski definition) is 5. The minimum atomic E-state index is -0.229. The van der Waals surface area contributed by atoms with Gasteiger partial charge in [-0.05, 0) is 30.7 Å². The Balaban J connectivity index is 2.21. The smallest absolute Gasteiger partial charge is 0.257 e. The van der Waals surface area contributed by atoms with Crippen LogP contribution in [0.5, 0.6) is 0 Å². The van der Waals surface area contributed by atoms with Crippen LogP contribution in [0.1, 0.15) is 15.9 Å². The van der Waals surface area contributed by atoms with E-state index in [0.717, 1.165) is 5.56 Å². The van der Waals surface area contributed by atoms with Gasteiger partial charge in [-0.1, -0.05) is 11.3 Å². The van der Waals surface area contributed by atoms with Gasteiger partial charge in [0.05, 0.1) is 0 Å². The van der Waals surface area contributed by atoms with Crippen LogP contribution in [0, 0.1) is 6.92 Å². The molecular formula is C10H10N4OS. The Morgan fingerprint density at radius 3 is 2.88 bits per heavy atom. The first-order valence-electron chi connectivity index (χ1n) is 4.60. The van der Waals surface area contributed by atoms with Crippen molar-refractivity contribution in [3.8, 4) is 0 Å². The third kappa shape index (κ3) is 2.34. The lowest BCUT2D eigenvalue weighted by atomic mass is 10.1. The van der Waals surface area contributed by atoms with Crippen molar-refractivity contribution < 1.29 is 4.79 Å². The van der Waals surface area contributed by atoms with Crippen molar-refractivity contribution in [1.29, 1.82) is 0 Å². The molecule has 3 N–H and O–H groups in total. The molecule has 0 unspecified atom stereocenters. The summed E-state index contributed by atoms with van der Waals surface area (Å²) >= 11 is 1.27. The van der Waals surface area contributed by atoms with Crippen LogP contribution in [0.25, 0.3) is 0 Å². The molecule has 1 aromatic heterocycles. The number of nitrogens with two attached hydrogens (primary N) is 1. The highest BCUT2D eigenvalue weighted by atomic mass is 32.1. The average molecular weight is 234 g/mol. The van der Waals surface area contributed by atoms with Gasteiger partial charge in [0, 0.05) is 11.3 Å². The summed E-state index contributed by atoms with van der Waals surface area (Å²) in [6.07, 6.45) is 0. The monoisotopic (exact) mass is 234 g/mol. The molecule has 0 atom stereocenters. The van der Waals surface area contributed by atoms with Crippen LogP contribution in [0.4, 0.5) is 10.8 Å². The number of aromatic nitrogens is 2. The van der Waals surface area contributed by atoms with Crippen molar-refractivity contribution in [2.75, 3.05) is 11.1 Å². The zero-order valence-corrected chi connectivity index (χ0v) is 9.41. The zero-order valence-electron chi connectivity index (χ0n) is 8.60. The highest BCUT2D eigenvalue weighted by Crippen LogP contribution is 2.14. The van der Waals surface area contributed by atoms with E-state index in [0.29, 0.717) is 16.4 Å². The topological polar surface area (TPSA) is 80.9 Å². The Kier molecular flexibility index (Phi) is 2.82. The highest BCUT2D eigenvalue weighted by Gasteiger charge is 2.08. The van der Waals surface area contributed by atoms with Crippen molar-refractivity contribution in [2.24, 2.45) is 0 Å². The molecule has 82 valence electrons. The number of benzene rings is 1. The minimum Gasteiger partial charge on any atom is -0.399 e. The van der Waals surface area contributed by atoms with E-state index >= 15 is 0 Å². The molecule has 0 bridgehead atoms. The second-order valence-electron chi connectivity index (χ2n) is 3.33. The van der Waals surface area contributed by atoms with Crippen LogP contribution in [-0.2, 0) is 0 Å². The van der Waals surface area contributed by atoms with Gasteiger partial charge in [0.2, 0.25) is 5.13 Å². The average Bonchev–Trinajstić information content (AvgIpc) is 2.68. The second-order valence-corrected chi connectivity index (χ2v) is 4.16. The molecule has 0 aliphatic heterocycles. The molecule has 0 saturated carbocycles. The summed E-state index contributed by atoms with van der Waals surface area (Å²) < 4.78 is 0. The number of hydrogen-bond donors (Lipinski definition) is 2. The number of carbonyl (C=O) groups excluding carboxylic acids is 1. The van der Waals surface area contributed by atoms with Crippen molar-refractivity contribution in [1.82, 2.24) is 10.2 Å². The predicted molar refractivity (Wildman–Crippen MR) is 63.5 cm³/mol. The molecule has 1 aromatic carbocycles. The van der Waals surface area contributed by atoms with Gasteiger partial charge < -0.3 is 5.73 Å². The SMILES string of the molecule is Cc1cc(N)cc(C(=O)Nc2nncs2)c1. The number of nitrogens with zero attached hydrogens (tertiary/aromatic N) is 2. The van der Waals surface area contributed by atoms with E-state index < -0.39 is 0 Å². The molecule has 1 amide bonds. The quantitative estimate of drug-likeness (QED) is 0.775. The fourth-order valence-corrected chi connectivity index (χ4v) is 1.78. The summed E-state index contributed by atoms with van der Waals surface area (Å²) in [6, 6.07) is 5.21. The summed E-state index contributed by atoms with van der Waals surface area (Å²) in [5, 5.41) is 10.5. The standard InChI is InChI=1S/C10H10N4OS/c1-6-2-7(4-8(11)3-6)9(15)13-10-14-12-5-16-10/h2-5H,11H2,1H3,(H,13,14,15). The third-order valence-electron chi connectivity index (χ3n) is 1.94. The fourth-order valence-electron chi connectivity index (χ4n) is 1.34. The molecule has 0 saturated heterocycles. The second kappa shape index (κ2) is 4.28. The van der Waals surface area contributed by atoms with Crippen LogP contribution in [-0.4, -0.2) is 16.1 Å². The lowest BCUT2D eigenvalue weighted by Crippen LogP contribution is -2.12. The van der Waals surface area contributed by atoms with Crippen molar-refractivity contribution >= 4 is 28.1 Å². The molecule has 16 heavy (non-hydrogen) atoms. The zero-order chi connectivity index (χ0) is 11.5. The van der Waals surface area contributed by atoms with Gasteiger partial charge >= 0.3 is 0 Å². The van der Waals surface area contributed by atoms with Gasteiger partial charge in [0.1, 0.15) is 5.51 Å². The largest absolute Gasteiger partial charge is 0.399 e. The lowest BCUT2D eigenvalue weighted by Gasteiger charge is -2.03. The van der Waals surface area contributed by atoms with Crippen LogP contribution in [0.3, 0.4) is 0 Å². The van der Waals surface area contributed by atoms with Crippen LogP contribution in [0.2, 0.25) is 0 Å². The molecule has 2 aromatic rings. The summed E-state index contributed by atoms with van der Waals surface area (Å²) in [7, 11) is 0. The minimum absolute atomic E-state index is 0.229. The highest BCUT2D eigenvalue weighted by molar-refractivity contribution is 7.13.